The molecule has 0 heterocycles. The third-order valence-corrected chi connectivity index (χ3v) is 3.20. The Kier molecular flexibility index (Phi) is 7.80. The van der Waals surface area contributed by atoms with E-state index in [4.69, 9.17) is 18.9 Å². The van der Waals surface area contributed by atoms with Crippen LogP contribution in [0.15, 0.2) is 60.7 Å². The van der Waals surface area contributed by atoms with Gasteiger partial charge >= 0.3 is 6.16 Å². The maximum atomic E-state index is 12.0. The van der Waals surface area contributed by atoms with Crippen LogP contribution in [0.5, 0.6) is 5.75 Å². The minimum atomic E-state index is -0.761. The molecule has 2 aromatic rings. The lowest BCUT2D eigenvalue weighted by Gasteiger charge is -2.18. The topological polar surface area (TPSA) is 54.0 Å². The van der Waals surface area contributed by atoms with Gasteiger partial charge in [0.1, 0.15) is 5.75 Å². The summed E-state index contributed by atoms with van der Waals surface area (Å²) in [7, 11) is 0. The van der Waals surface area contributed by atoms with E-state index < -0.39 is 12.3 Å². The zero-order valence-electron chi connectivity index (χ0n) is 13.7. The quantitative estimate of drug-likeness (QED) is 0.395. The summed E-state index contributed by atoms with van der Waals surface area (Å²) in [6.45, 7) is 3.75. The van der Waals surface area contributed by atoms with Crippen LogP contribution >= 0.6 is 0 Å². The van der Waals surface area contributed by atoms with E-state index in [2.05, 4.69) is 0 Å². The average Bonchev–Trinajstić information content (AvgIpc) is 2.62. The number of benzene rings is 2. The molecule has 5 heteroatoms. The Morgan fingerprint density at radius 2 is 1.54 bits per heavy atom. The van der Waals surface area contributed by atoms with Crippen molar-refractivity contribution >= 4 is 6.16 Å². The van der Waals surface area contributed by atoms with Crippen molar-refractivity contribution < 1.29 is 23.7 Å². The van der Waals surface area contributed by atoms with Gasteiger partial charge in [-0.05, 0) is 24.6 Å². The van der Waals surface area contributed by atoms with E-state index in [9.17, 15) is 4.79 Å². The van der Waals surface area contributed by atoms with Crippen LogP contribution in [0, 0.1) is 0 Å². The molecule has 0 aliphatic carbocycles. The van der Waals surface area contributed by atoms with Crippen molar-refractivity contribution in [3.8, 4) is 5.75 Å². The molecule has 2 aromatic carbocycles. The van der Waals surface area contributed by atoms with E-state index >= 15 is 0 Å². The number of hydrogen-bond acceptors (Lipinski definition) is 5. The molecule has 0 spiro atoms. The van der Waals surface area contributed by atoms with Crippen molar-refractivity contribution in [2.45, 2.75) is 13.0 Å². The Balaban J connectivity index is 1.91. The first-order valence-corrected chi connectivity index (χ1v) is 7.93. The van der Waals surface area contributed by atoms with E-state index in [1.54, 1.807) is 24.3 Å². The highest BCUT2D eigenvalue weighted by molar-refractivity contribution is 5.64. The molecule has 0 aromatic heterocycles. The van der Waals surface area contributed by atoms with Crippen molar-refractivity contribution in [2.75, 3.05) is 26.4 Å². The van der Waals surface area contributed by atoms with Gasteiger partial charge in [0.25, 0.3) is 0 Å². The molecule has 0 fully saturated rings. The largest absolute Gasteiger partial charge is 0.514 e. The summed E-state index contributed by atoms with van der Waals surface area (Å²) < 4.78 is 21.4. The number of hydrogen-bond donors (Lipinski definition) is 0. The number of carbonyl (C=O) groups is 1. The lowest BCUT2D eigenvalue weighted by atomic mass is 10.1. The summed E-state index contributed by atoms with van der Waals surface area (Å²) >= 11 is 0. The number of rotatable bonds is 9. The Morgan fingerprint density at radius 1 is 0.917 bits per heavy atom. The summed E-state index contributed by atoms with van der Waals surface area (Å²) in [5, 5.41) is 0. The molecule has 0 N–H and O–H groups in total. The minimum Gasteiger partial charge on any atom is -0.423 e. The molecular formula is C19H22O5. The second-order valence-electron chi connectivity index (χ2n) is 4.95. The SMILES string of the molecule is CCOCCOCC(OC(=O)Oc1ccccc1)c1ccccc1. The van der Waals surface area contributed by atoms with Gasteiger partial charge in [-0.1, -0.05) is 48.5 Å². The van der Waals surface area contributed by atoms with E-state index in [0.29, 0.717) is 25.6 Å². The van der Waals surface area contributed by atoms with Crippen LogP contribution in [-0.4, -0.2) is 32.6 Å². The highest BCUT2D eigenvalue weighted by Gasteiger charge is 2.18. The minimum absolute atomic E-state index is 0.237. The third-order valence-electron chi connectivity index (χ3n) is 3.20. The molecule has 0 bridgehead atoms. The van der Waals surface area contributed by atoms with Gasteiger partial charge in [0.05, 0.1) is 19.8 Å². The van der Waals surface area contributed by atoms with Gasteiger partial charge in [0, 0.05) is 6.61 Å². The van der Waals surface area contributed by atoms with Gasteiger partial charge in [0.2, 0.25) is 0 Å². The molecule has 2 rings (SSSR count). The molecule has 1 atom stereocenters. The zero-order valence-corrected chi connectivity index (χ0v) is 13.7. The highest BCUT2D eigenvalue weighted by atomic mass is 16.7. The maximum Gasteiger partial charge on any atom is 0.514 e. The molecule has 128 valence electrons. The molecule has 0 saturated carbocycles. The summed E-state index contributed by atoms with van der Waals surface area (Å²) in [5.74, 6) is 0.437. The van der Waals surface area contributed by atoms with Crippen molar-refractivity contribution in [3.05, 3.63) is 66.2 Å². The van der Waals surface area contributed by atoms with Crippen molar-refractivity contribution in [2.24, 2.45) is 0 Å². The molecule has 1 unspecified atom stereocenters. The molecule has 0 amide bonds. The number of carbonyl (C=O) groups excluding carboxylic acids is 1. The van der Waals surface area contributed by atoms with Crippen molar-refractivity contribution in [3.63, 3.8) is 0 Å². The van der Waals surface area contributed by atoms with Crippen LogP contribution in [0.4, 0.5) is 4.79 Å². The van der Waals surface area contributed by atoms with E-state index in [1.165, 1.54) is 0 Å². The van der Waals surface area contributed by atoms with Gasteiger partial charge in [-0.2, -0.15) is 0 Å². The Bertz CT molecular complexity index is 585. The second-order valence-corrected chi connectivity index (χ2v) is 4.95. The number of ether oxygens (including phenoxy) is 4. The Morgan fingerprint density at radius 3 is 2.21 bits per heavy atom. The lowest BCUT2D eigenvalue weighted by molar-refractivity contribution is -0.0153. The van der Waals surface area contributed by atoms with Gasteiger partial charge in [-0.3, -0.25) is 0 Å². The fraction of sp³-hybridized carbons (Fsp3) is 0.316. The standard InChI is InChI=1S/C19H22O5/c1-2-21-13-14-22-15-18(16-9-5-3-6-10-16)24-19(20)23-17-11-7-4-8-12-17/h3-12,18H,2,13-15H2,1H3. The van der Waals surface area contributed by atoms with E-state index in [0.717, 1.165) is 5.56 Å². The van der Waals surface area contributed by atoms with Gasteiger partial charge in [0.15, 0.2) is 6.10 Å². The highest BCUT2D eigenvalue weighted by Crippen LogP contribution is 2.19. The fourth-order valence-electron chi connectivity index (χ4n) is 2.04. The van der Waals surface area contributed by atoms with E-state index in [1.807, 2.05) is 43.3 Å². The molecule has 0 aliphatic heterocycles. The zero-order chi connectivity index (χ0) is 17.0. The Hall–Kier alpha value is -2.37. The van der Waals surface area contributed by atoms with Gasteiger partial charge in [-0.25, -0.2) is 4.79 Å². The Labute approximate surface area is 142 Å². The summed E-state index contributed by atoms with van der Waals surface area (Å²) in [5.41, 5.74) is 0.846. The monoisotopic (exact) mass is 330 g/mol. The van der Waals surface area contributed by atoms with Crippen molar-refractivity contribution in [1.29, 1.82) is 0 Å². The van der Waals surface area contributed by atoms with Crippen LogP contribution in [0.2, 0.25) is 0 Å². The fourth-order valence-corrected chi connectivity index (χ4v) is 2.04. The van der Waals surface area contributed by atoms with Crippen molar-refractivity contribution in [1.82, 2.24) is 0 Å². The molecule has 0 saturated heterocycles. The average molecular weight is 330 g/mol. The molecular weight excluding hydrogens is 308 g/mol. The predicted octanol–water partition coefficient (Wildman–Crippen LogP) is 4.00. The molecule has 5 nitrogen and oxygen atoms in total. The lowest BCUT2D eigenvalue weighted by Crippen LogP contribution is -2.20. The first kappa shape index (κ1) is 18.0. The second kappa shape index (κ2) is 10.4. The molecule has 0 radical (unpaired) electrons. The molecule has 0 aliphatic rings. The smallest absolute Gasteiger partial charge is 0.423 e. The molecule has 24 heavy (non-hydrogen) atoms. The van der Waals surface area contributed by atoms with Gasteiger partial charge in [-0.15, -0.1) is 0 Å². The summed E-state index contributed by atoms with van der Waals surface area (Å²) in [6, 6.07) is 18.2. The van der Waals surface area contributed by atoms with E-state index in [-0.39, 0.29) is 6.61 Å². The van der Waals surface area contributed by atoms with Gasteiger partial charge < -0.3 is 18.9 Å². The van der Waals surface area contributed by atoms with Crippen LogP contribution < -0.4 is 4.74 Å². The van der Waals surface area contributed by atoms with Crippen LogP contribution in [0.3, 0.4) is 0 Å². The summed E-state index contributed by atoms with van der Waals surface area (Å²) in [4.78, 5) is 12.0. The third kappa shape index (κ3) is 6.40. The van der Waals surface area contributed by atoms with Crippen LogP contribution in [0.25, 0.3) is 0 Å². The number of para-hydroxylation sites is 1. The first-order chi connectivity index (χ1) is 11.8. The normalized spacial score (nSPS) is 11.7. The van der Waals surface area contributed by atoms with Crippen LogP contribution in [-0.2, 0) is 14.2 Å². The predicted molar refractivity (Wildman–Crippen MR) is 90.0 cm³/mol. The summed E-state index contributed by atoms with van der Waals surface area (Å²) in [6.07, 6.45) is -1.30. The first-order valence-electron chi connectivity index (χ1n) is 7.93. The van der Waals surface area contributed by atoms with Crippen LogP contribution in [0.1, 0.15) is 18.6 Å². The maximum absolute atomic E-state index is 12.0.